The van der Waals surface area contributed by atoms with Gasteiger partial charge in [-0.05, 0) is 30.9 Å². The Labute approximate surface area is 100 Å². The minimum atomic E-state index is -0.0536. The lowest BCUT2D eigenvalue weighted by Crippen LogP contribution is -2.30. The molecule has 16 heavy (non-hydrogen) atoms. The Morgan fingerprint density at radius 1 is 1.50 bits per heavy atom. The lowest BCUT2D eigenvalue weighted by atomic mass is 10.2. The average molecular weight is 236 g/mol. The van der Waals surface area contributed by atoms with E-state index < -0.39 is 0 Å². The fourth-order valence-electron chi connectivity index (χ4n) is 1.87. The third-order valence-corrected chi connectivity index (χ3v) is 3.56. The molecule has 1 N–H and O–H groups in total. The molecular formula is C12H16N2OS. The van der Waals surface area contributed by atoms with Crippen molar-refractivity contribution in [3.63, 3.8) is 0 Å². The van der Waals surface area contributed by atoms with Gasteiger partial charge in [-0.15, -0.1) is 11.8 Å². The molecule has 0 aromatic heterocycles. The number of likely N-dealkylation sites (N-methyl/N-ethyl adjacent to an activating group) is 1. The molecule has 4 heteroatoms. The van der Waals surface area contributed by atoms with Crippen LogP contribution in [0.5, 0.6) is 0 Å². The summed E-state index contributed by atoms with van der Waals surface area (Å²) in [5.41, 5.74) is 1.03. The number of likely N-dealkylation sites (tertiary alicyclic amines) is 1. The van der Waals surface area contributed by atoms with Gasteiger partial charge in [-0.3, -0.25) is 4.79 Å². The third kappa shape index (κ3) is 2.32. The van der Waals surface area contributed by atoms with E-state index in [1.807, 2.05) is 25.4 Å². The maximum absolute atomic E-state index is 11.7. The SMILES string of the molecule is CSc1cccc(NC2CCN(C)C2=O)c1. The van der Waals surface area contributed by atoms with Gasteiger partial charge in [0.05, 0.1) is 0 Å². The summed E-state index contributed by atoms with van der Waals surface area (Å²) < 4.78 is 0. The van der Waals surface area contributed by atoms with Crippen molar-refractivity contribution in [1.82, 2.24) is 4.90 Å². The van der Waals surface area contributed by atoms with Crippen LogP contribution in [0.2, 0.25) is 0 Å². The lowest BCUT2D eigenvalue weighted by molar-refractivity contribution is -0.127. The van der Waals surface area contributed by atoms with E-state index in [2.05, 4.69) is 17.4 Å². The fourth-order valence-corrected chi connectivity index (χ4v) is 2.33. The van der Waals surface area contributed by atoms with E-state index in [1.165, 1.54) is 4.90 Å². The standard InChI is InChI=1S/C12H16N2OS/c1-14-7-6-11(12(14)15)13-9-4-3-5-10(8-9)16-2/h3-5,8,11,13H,6-7H2,1-2H3. The summed E-state index contributed by atoms with van der Waals surface area (Å²) in [6, 6.07) is 8.11. The topological polar surface area (TPSA) is 32.3 Å². The van der Waals surface area contributed by atoms with Crippen molar-refractivity contribution in [3.8, 4) is 0 Å². The highest BCUT2D eigenvalue weighted by Crippen LogP contribution is 2.21. The summed E-state index contributed by atoms with van der Waals surface area (Å²) in [5.74, 6) is 0.189. The van der Waals surface area contributed by atoms with E-state index in [4.69, 9.17) is 0 Å². The Morgan fingerprint density at radius 3 is 2.94 bits per heavy atom. The molecule has 0 bridgehead atoms. The van der Waals surface area contributed by atoms with Crippen molar-refractivity contribution in [2.45, 2.75) is 17.4 Å². The largest absolute Gasteiger partial charge is 0.374 e. The second-order valence-electron chi connectivity index (χ2n) is 3.98. The molecule has 1 aliphatic rings. The molecule has 1 amide bonds. The van der Waals surface area contributed by atoms with Crippen LogP contribution in [-0.4, -0.2) is 36.7 Å². The molecule has 1 fully saturated rings. The average Bonchev–Trinajstić information content (AvgIpc) is 2.61. The number of thioether (sulfide) groups is 1. The Bertz CT molecular complexity index is 394. The Hall–Kier alpha value is -1.16. The number of benzene rings is 1. The molecule has 1 aliphatic heterocycles. The molecule has 1 aromatic carbocycles. The highest BCUT2D eigenvalue weighted by molar-refractivity contribution is 7.98. The minimum Gasteiger partial charge on any atom is -0.374 e. The molecule has 1 atom stereocenters. The molecule has 0 spiro atoms. The van der Waals surface area contributed by atoms with Crippen LogP contribution in [0.15, 0.2) is 29.2 Å². The number of rotatable bonds is 3. The van der Waals surface area contributed by atoms with Crippen LogP contribution in [0.3, 0.4) is 0 Å². The Morgan fingerprint density at radius 2 is 2.31 bits per heavy atom. The Kier molecular flexibility index (Phi) is 3.39. The molecule has 2 rings (SSSR count). The summed E-state index contributed by atoms with van der Waals surface area (Å²) >= 11 is 1.71. The van der Waals surface area contributed by atoms with E-state index >= 15 is 0 Å². The molecule has 0 aliphatic carbocycles. The second-order valence-corrected chi connectivity index (χ2v) is 4.86. The highest BCUT2D eigenvalue weighted by atomic mass is 32.2. The first kappa shape index (κ1) is 11.3. The van der Waals surface area contributed by atoms with E-state index in [1.54, 1.807) is 16.7 Å². The van der Waals surface area contributed by atoms with Crippen molar-refractivity contribution in [2.75, 3.05) is 25.2 Å². The zero-order valence-electron chi connectivity index (χ0n) is 9.56. The molecule has 0 saturated carbocycles. The zero-order chi connectivity index (χ0) is 11.5. The van der Waals surface area contributed by atoms with E-state index in [0.717, 1.165) is 18.7 Å². The van der Waals surface area contributed by atoms with Crippen molar-refractivity contribution in [2.24, 2.45) is 0 Å². The predicted octanol–water partition coefficient (Wildman–Crippen LogP) is 2.05. The van der Waals surface area contributed by atoms with Gasteiger partial charge in [0, 0.05) is 24.2 Å². The van der Waals surface area contributed by atoms with Crippen LogP contribution >= 0.6 is 11.8 Å². The number of anilines is 1. The van der Waals surface area contributed by atoms with E-state index in [-0.39, 0.29) is 11.9 Å². The number of hydrogen-bond donors (Lipinski definition) is 1. The van der Waals surface area contributed by atoms with Crippen molar-refractivity contribution < 1.29 is 4.79 Å². The van der Waals surface area contributed by atoms with Gasteiger partial charge < -0.3 is 10.2 Å². The zero-order valence-corrected chi connectivity index (χ0v) is 10.4. The quantitative estimate of drug-likeness (QED) is 0.815. The van der Waals surface area contributed by atoms with Gasteiger partial charge in [0.2, 0.25) is 5.91 Å². The van der Waals surface area contributed by atoms with Gasteiger partial charge >= 0.3 is 0 Å². The molecule has 1 saturated heterocycles. The van der Waals surface area contributed by atoms with Gasteiger partial charge in [0.1, 0.15) is 6.04 Å². The van der Waals surface area contributed by atoms with E-state index in [9.17, 15) is 4.79 Å². The van der Waals surface area contributed by atoms with Crippen molar-refractivity contribution >= 4 is 23.4 Å². The highest BCUT2D eigenvalue weighted by Gasteiger charge is 2.28. The molecule has 1 heterocycles. The predicted molar refractivity (Wildman–Crippen MR) is 67.9 cm³/mol. The molecule has 1 unspecified atom stereocenters. The maximum atomic E-state index is 11.7. The first-order valence-corrected chi connectivity index (χ1v) is 6.59. The van der Waals surface area contributed by atoms with Crippen LogP contribution in [-0.2, 0) is 4.79 Å². The maximum Gasteiger partial charge on any atom is 0.244 e. The number of carbonyl (C=O) groups is 1. The number of amides is 1. The number of carbonyl (C=O) groups excluding carboxylic acids is 1. The van der Waals surface area contributed by atoms with Crippen LogP contribution in [0.1, 0.15) is 6.42 Å². The molecular weight excluding hydrogens is 220 g/mol. The molecule has 3 nitrogen and oxygen atoms in total. The van der Waals surface area contributed by atoms with Crippen LogP contribution in [0.25, 0.3) is 0 Å². The fraction of sp³-hybridized carbons (Fsp3) is 0.417. The summed E-state index contributed by atoms with van der Waals surface area (Å²) in [6.07, 6.45) is 2.94. The molecule has 0 radical (unpaired) electrons. The first-order chi connectivity index (χ1) is 7.70. The van der Waals surface area contributed by atoms with Gasteiger partial charge in [-0.2, -0.15) is 0 Å². The normalized spacial score (nSPS) is 20.2. The summed E-state index contributed by atoms with van der Waals surface area (Å²) in [4.78, 5) is 14.7. The van der Waals surface area contributed by atoms with Gasteiger partial charge in [0.25, 0.3) is 0 Å². The number of nitrogens with zero attached hydrogens (tertiary/aromatic N) is 1. The summed E-state index contributed by atoms with van der Waals surface area (Å²) in [6.45, 7) is 0.846. The second kappa shape index (κ2) is 4.78. The third-order valence-electron chi connectivity index (χ3n) is 2.84. The van der Waals surface area contributed by atoms with Gasteiger partial charge in [-0.25, -0.2) is 0 Å². The first-order valence-electron chi connectivity index (χ1n) is 5.36. The van der Waals surface area contributed by atoms with Crippen LogP contribution < -0.4 is 5.32 Å². The molecule has 86 valence electrons. The smallest absolute Gasteiger partial charge is 0.244 e. The number of hydrogen-bond acceptors (Lipinski definition) is 3. The number of nitrogens with one attached hydrogen (secondary N) is 1. The lowest BCUT2D eigenvalue weighted by Gasteiger charge is -2.13. The van der Waals surface area contributed by atoms with Gasteiger partial charge in [-0.1, -0.05) is 6.07 Å². The van der Waals surface area contributed by atoms with Crippen LogP contribution in [0.4, 0.5) is 5.69 Å². The van der Waals surface area contributed by atoms with E-state index in [0.29, 0.717) is 0 Å². The molecule has 1 aromatic rings. The monoisotopic (exact) mass is 236 g/mol. The summed E-state index contributed by atoms with van der Waals surface area (Å²) in [5, 5.41) is 3.29. The van der Waals surface area contributed by atoms with Crippen molar-refractivity contribution in [3.05, 3.63) is 24.3 Å². The minimum absolute atomic E-state index is 0.0536. The van der Waals surface area contributed by atoms with Crippen LogP contribution in [0, 0.1) is 0 Å². The van der Waals surface area contributed by atoms with Crippen molar-refractivity contribution in [1.29, 1.82) is 0 Å². The summed E-state index contributed by atoms with van der Waals surface area (Å²) in [7, 11) is 1.85. The van der Waals surface area contributed by atoms with Gasteiger partial charge in [0.15, 0.2) is 0 Å². The Balaban J connectivity index is 2.06.